The maximum atomic E-state index is 13.6. The van der Waals surface area contributed by atoms with Gasteiger partial charge in [-0.2, -0.15) is 35.1 Å². The summed E-state index contributed by atoms with van der Waals surface area (Å²) in [6, 6.07) is 2.34. The van der Waals surface area contributed by atoms with Gasteiger partial charge in [0.2, 0.25) is 0 Å². The fraction of sp³-hybridized carbons (Fsp3) is 0.353. The third kappa shape index (κ3) is 5.49. The lowest BCUT2D eigenvalue weighted by atomic mass is 10.1. The van der Waals surface area contributed by atoms with Crippen molar-refractivity contribution in [2.75, 3.05) is 18.7 Å². The zero-order valence-corrected chi connectivity index (χ0v) is 16.8. The first-order chi connectivity index (χ1) is 14.7. The number of halogens is 8. The summed E-state index contributed by atoms with van der Waals surface area (Å²) in [6.07, 6.45) is -7.69. The first kappa shape index (κ1) is 25.4. The Kier molecular flexibility index (Phi) is 7.42. The Bertz CT molecular complexity index is 1090. The van der Waals surface area contributed by atoms with Gasteiger partial charge in [0.25, 0.3) is 5.56 Å². The van der Waals surface area contributed by atoms with E-state index in [2.05, 4.69) is 9.98 Å². The summed E-state index contributed by atoms with van der Waals surface area (Å²) in [4.78, 5) is 19.0. The van der Waals surface area contributed by atoms with E-state index in [1.165, 1.54) is 17.8 Å². The number of nitrogens with two attached hydrogens (primary N) is 1. The Hall–Kier alpha value is -2.84. The second kappa shape index (κ2) is 9.34. The van der Waals surface area contributed by atoms with Crippen molar-refractivity contribution in [2.45, 2.75) is 18.3 Å². The molecule has 2 aromatic rings. The van der Waals surface area contributed by atoms with Crippen molar-refractivity contribution in [2.24, 2.45) is 10.7 Å². The summed E-state index contributed by atoms with van der Waals surface area (Å²) >= 11 is 1.28. The highest BCUT2D eigenvalue weighted by Crippen LogP contribution is 2.36. The molecule has 2 aromatic heterocycles. The minimum atomic E-state index is -5.92. The number of hydrogen-bond acceptors (Lipinski definition) is 6. The second-order valence-corrected chi connectivity index (χ2v) is 6.89. The molecule has 0 aliphatic heterocycles. The van der Waals surface area contributed by atoms with Crippen LogP contribution in [0.4, 0.5) is 35.1 Å². The summed E-state index contributed by atoms with van der Waals surface area (Å²) in [5, 5.41) is 0. The van der Waals surface area contributed by atoms with Gasteiger partial charge in [-0.15, -0.1) is 11.8 Å². The highest BCUT2D eigenvalue weighted by Gasteiger charge is 2.57. The van der Waals surface area contributed by atoms with E-state index < -0.39 is 52.9 Å². The van der Waals surface area contributed by atoms with Gasteiger partial charge in [-0.1, -0.05) is 0 Å². The van der Waals surface area contributed by atoms with E-state index in [0.29, 0.717) is 10.6 Å². The average Bonchev–Trinajstić information content (AvgIpc) is 2.68. The Morgan fingerprint density at radius 2 is 1.91 bits per heavy atom. The highest BCUT2D eigenvalue weighted by molar-refractivity contribution is 7.98. The summed E-state index contributed by atoms with van der Waals surface area (Å²) in [7, 11) is 0. The van der Waals surface area contributed by atoms with E-state index in [9.17, 15) is 39.9 Å². The lowest BCUT2D eigenvalue weighted by Gasteiger charge is -2.17. The van der Waals surface area contributed by atoms with Crippen LogP contribution in [0.15, 0.2) is 34.3 Å². The molecule has 0 saturated carbocycles. The first-order valence-corrected chi connectivity index (χ1v) is 9.74. The average molecular weight is 490 g/mol. The third-order valence-electron chi connectivity index (χ3n) is 3.82. The van der Waals surface area contributed by atoms with Gasteiger partial charge < -0.3 is 10.5 Å². The number of allylic oxidation sites excluding steroid dienone is 1. The van der Waals surface area contributed by atoms with Gasteiger partial charge in [-0.3, -0.25) is 14.2 Å². The molecule has 0 unspecified atom stereocenters. The molecule has 0 aromatic carbocycles. The van der Waals surface area contributed by atoms with Crippen LogP contribution in [0.1, 0.15) is 11.3 Å². The van der Waals surface area contributed by atoms with Gasteiger partial charge in [-0.25, -0.2) is 4.98 Å². The quantitative estimate of drug-likeness (QED) is 0.361. The highest BCUT2D eigenvalue weighted by atomic mass is 32.2. The first-order valence-electron chi connectivity index (χ1n) is 8.35. The fourth-order valence-electron chi connectivity index (χ4n) is 2.34. The van der Waals surface area contributed by atoms with Crippen molar-refractivity contribution >= 4 is 29.2 Å². The number of alkyl halides is 8. The standard InChI is InChI=1S/C17H14F8N4O2S/c1-32-8-31-10-2-3-29-11(4-10)28-13(16(20,21)22)12(14(29)30)9(5-26)6-27-7-15(18,19)17(23,24)25/h2-6H,7-8,26H2,1H3/b9-5+,27-6?. The van der Waals surface area contributed by atoms with Crippen molar-refractivity contribution in [1.29, 1.82) is 0 Å². The summed E-state index contributed by atoms with van der Waals surface area (Å²) < 4.78 is 110. The van der Waals surface area contributed by atoms with Crippen molar-refractivity contribution < 1.29 is 39.9 Å². The van der Waals surface area contributed by atoms with E-state index in [1.807, 2.05) is 0 Å². The normalized spacial score (nSPS) is 13.8. The molecule has 2 rings (SSSR count). The molecule has 2 N–H and O–H groups in total. The summed E-state index contributed by atoms with van der Waals surface area (Å²) in [5.74, 6) is -4.94. The van der Waals surface area contributed by atoms with Gasteiger partial charge in [0.05, 0.1) is 5.56 Å². The lowest BCUT2D eigenvalue weighted by Crippen LogP contribution is -2.39. The number of aliphatic imine (C=N–C) groups is 1. The van der Waals surface area contributed by atoms with Gasteiger partial charge in [0, 0.05) is 30.3 Å². The molecule has 2 heterocycles. The number of ether oxygens (including phenoxy) is 1. The van der Waals surface area contributed by atoms with E-state index in [0.717, 1.165) is 12.3 Å². The fourth-order valence-corrected chi connectivity index (χ4v) is 2.59. The molecular formula is C17H14F8N4O2S. The smallest absolute Gasteiger partial charge is 0.455 e. The minimum absolute atomic E-state index is 0.123. The number of rotatable bonds is 7. The second-order valence-electron chi connectivity index (χ2n) is 6.07. The molecule has 0 aliphatic rings. The SMILES string of the molecule is CSCOc1ccn2c(=O)c(/C(C=NCC(F)(F)C(F)(F)F)=C/N)c(C(F)(F)F)nc2c1. The molecule has 0 amide bonds. The monoisotopic (exact) mass is 490 g/mol. The molecule has 0 atom stereocenters. The van der Waals surface area contributed by atoms with E-state index in [1.54, 1.807) is 6.26 Å². The Morgan fingerprint density at radius 1 is 1.25 bits per heavy atom. The molecule has 15 heteroatoms. The van der Waals surface area contributed by atoms with Crippen LogP contribution in [0.3, 0.4) is 0 Å². The molecule has 0 bridgehead atoms. The van der Waals surface area contributed by atoms with Crippen LogP contribution < -0.4 is 16.0 Å². The molecule has 0 saturated heterocycles. The zero-order valence-electron chi connectivity index (χ0n) is 16.0. The number of thioether (sulfide) groups is 1. The molecule has 0 aliphatic carbocycles. The lowest BCUT2D eigenvalue weighted by molar-refractivity contribution is -0.276. The van der Waals surface area contributed by atoms with Crippen molar-refractivity contribution in [1.82, 2.24) is 9.38 Å². The minimum Gasteiger partial charge on any atom is -0.483 e. The Morgan fingerprint density at radius 3 is 2.44 bits per heavy atom. The largest absolute Gasteiger partial charge is 0.483 e. The van der Waals surface area contributed by atoms with Crippen LogP contribution in [0.2, 0.25) is 0 Å². The molecule has 6 nitrogen and oxygen atoms in total. The number of aromatic nitrogens is 2. The van der Waals surface area contributed by atoms with Crippen LogP contribution >= 0.6 is 11.8 Å². The van der Waals surface area contributed by atoms with Crippen LogP contribution in [0, 0.1) is 0 Å². The predicted octanol–water partition coefficient (Wildman–Crippen LogP) is 3.98. The van der Waals surface area contributed by atoms with E-state index in [4.69, 9.17) is 10.5 Å². The van der Waals surface area contributed by atoms with Gasteiger partial charge in [0.15, 0.2) is 5.69 Å². The van der Waals surface area contributed by atoms with Crippen molar-refractivity contribution in [3.8, 4) is 5.75 Å². The van der Waals surface area contributed by atoms with E-state index in [-0.39, 0.29) is 17.9 Å². The maximum absolute atomic E-state index is 13.6. The van der Waals surface area contributed by atoms with Crippen LogP contribution in [-0.2, 0) is 6.18 Å². The third-order valence-corrected chi connectivity index (χ3v) is 4.17. The van der Waals surface area contributed by atoms with Gasteiger partial charge in [0.1, 0.15) is 23.9 Å². The Labute approximate surface area is 178 Å². The van der Waals surface area contributed by atoms with E-state index >= 15 is 0 Å². The molecule has 176 valence electrons. The number of nitrogens with zero attached hydrogens (tertiary/aromatic N) is 3. The molecule has 0 fully saturated rings. The molecule has 32 heavy (non-hydrogen) atoms. The van der Waals surface area contributed by atoms with Crippen LogP contribution in [-0.4, -0.2) is 46.4 Å². The number of fused-ring (bicyclic) bond motifs is 1. The Balaban J connectivity index is 2.61. The van der Waals surface area contributed by atoms with Crippen molar-refractivity contribution in [3.05, 3.63) is 46.1 Å². The summed E-state index contributed by atoms with van der Waals surface area (Å²) in [6.45, 7) is -2.12. The predicted molar refractivity (Wildman–Crippen MR) is 102 cm³/mol. The zero-order chi connectivity index (χ0) is 24.3. The van der Waals surface area contributed by atoms with Crippen molar-refractivity contribution in [3.63, 3.8) is 0 Å². The molecule has 0 radical (unpaired) electrons. The van der Waals surface area contributed by atoms with Crippen LogP contribution in [0.25, 0.3) is 11.2 Å². The molecule has 0 spiro atoms. The topological polar surface area (TPSA) is 82.0 Å². The number of pyridine rings is 1. The number of hydrogen-bond donors (Lipinski definition) is 1. The summed E-state index contributed by atoms with van der Waals surface area (Å²) in [5.41, 5.74) is -0.270. The molecular weight excluding hydrogens is 476 g/mol. The van der Waals surface area contributed by atoms with Gasteiger partial charge in [-0.05, 0) is 12.3 Å². The van der Waals surface area contributed by atoms with Gasteiger partial charge >= 0.3 is 18.3 Å². The van der Waals surface area contributed by atoms with Crippen LogP contribution in [0.5, 0.6) is 5.75 Å². The maximum Gasteiger partial charge on any atom is 0.455 e.